The first-order valence-corrected chi connectivity index (χ1v) is 8.65. The lowest BCUT2D eigenvalue weighted by molar-refractivity contribution is -0.114. The van der Waals surface area contributed by atoms with E-state index in [-0.39, 0.29) is 16.7 Å². The van der Waals surface area contributed by atoms with Crippen LogP contribution in [0.4, 0.5) is 11.6 Å². The molecule has 0 aliphatic heterocycles. The third kappa shape index (κ3) is 3.66. The second kappa shape index (κ2) is 6.49. The number of nitrogens with zero attached hydrogens (tertiary/aromatic N) is 1. The van der Waals surface area contributed by atoms with E-state index >= 15 is 0 Å². The number of aromatic nitrogens is 1. The molecule has 0 spiro atoms. The third-order valence-corrected chi connectivity index (χ3v) is 4.91. The van der Waals surface area contributed by atoms with Gasteiger partial charge in [0.05, 0.1) is 10.6 Å². The average Bonchev–Trinajstić information content (AvgIpc) is 2.79. The second-order valence-corrected chi connectivity index (χ2v) is 6.91. The zero-order valence-electron chi connectivity index (χ0n) is 11.9. The van der Waals surface area contributed by atoms with Gasteiger partial charge in [-0.2, -0.15) is 0 Å². The first kappa shape index (κ1) is 16.5. The number of hydrogen-bond donors (Lipinski definition) is 2. The molecule has 1 amide bonds. The molecule has 2 aromatic rings. The maximum Gasteiger partial charge on any atom is 0.264 e. The number of hydrogen-bond acceptors (Lipinski definition) is 5. The number of benzene rings is 1. The highest BCUT2D eigenvalue weighted by Crippen LogP contribution is 2.28. The second-order valence-electron chi connectivity index (χ2n) is 4.44. The van der Waals surface area contributed by atoms with Crippen molar-refractivity contribution in [1.29, 1.82) is 0 Å². The Balaban J connectivity index is 2.22. The Morgan fingerprint density at radius 1 is 1.32 bits per heavy atom. The maximum absolute atomic E-state index is 12.3. The number of nitrogens with one attached hydrogen (secondary N) is 2. The highest BCUT2D eigenvalue weighted by Gasteiger charge is 2.20. The molecule has 2 rings (SSSR count). The maximum atomic E-state index is 12.3. The number of amides is 1. The van der Waals surface area contributed by atoms with Crippen molar-refractivity contribution in [2.45, 2.75) is 25.2 Å². The Bertz CT molecular complexity index is 784. The van der Waals surface area contributed by atoms with Crippen molar-refractivity contribution in [1.82, 2.24) is 5.16 Å². The van der Waals surface area contributed by atoms with Crippen LogP contribution in [0.5, 0.6) is 0 Å². The molecular weight excluding hydrogens is 374 g/mol. The summed E-state index contributed by atoms with van der Waals surface area (Å²) in [6.45, 7) is 3.25. The number of carbonyl (C=O) groups is 1. The van der Waals surface area contributed by atoms with Gasteiger partial charge in [-0.05, 0) is 46.6 Å². The number of anilines is 2. The van der Waals surface area contributed by atoms with Gasteiger partial charge in [0.15, 0.2) is 0 Å². The highest BCUT2D eigenvalue weighted by atomic mass is 79.9. The van der Waals surface area contributed by atoms with Crippen molar-refractivity contribution < 1.29 is 17.7 Å². The zero-order valence-corrected chi connectivity index (χ0v) is 14.3. The first-order chi connectivity index (χ1) is 10.3. The Hall–Kier alpha value is -1.87. The van der Waals surface area contributed by atoms with Gasteiger partial charge in [0.2, 0.25) is 5.91 Å². The van der Waals surface area contributed by atoms with Crippen molar-refractivity contribution in [3.05, 3.63) is 34.4 Å². The Labute approximate surface area is 136 Å². The highest BCUT2D eigenvalue weighted by molar-refractivity contribution is 9.10. The molecule has 9 heteroatoms. The van der Waals surface area contributed by atoms with E-state index in [0.29, 0.717) is 22.3 Å². The molecule has 0 bridgehead atoms. The van der Waals surface area contributed by atoms with E-state index in [4.69, 9.17) is 4.52 Å². The fraction of sp³-hybridized carbons (Fsp3) is 0.231. The number of sulfonamides is 1. The zero-order chi connectivity index (χ0) is 16.3. The molecule has 2 N–H and O–H groups in total. The number of carbonyl (C=O) groups excluding carboxylic acids is 1. The van der Waals surface area contributed by atoms with Gasteiger partial charge >= 0.3 is 0 Å². The molecule has 0 saturated carbocycles. The normalized spacial score (nSPS) is 11.2. The smallest absolute Gasteiger partial charge is 0.264 e. The summed E-state index contributed by atoms with van der Waals surface area (Å²) in [7, 11) is -3.80. The summed E-state index contributed by atoms with van der Waals surface area (Å²) in [6, 6.07) is 5.78. The lowest BCUT2D eigenvalue weighted by Crippen LogP contribution is -2.13. The van der Waals surface area contributed by atoms with Gasteiger partial charge in [0.25, 0.3) is 15.9 Å². The molecule has 0 saturated heterocycles. The molecule has 0 atom stereocenters. The minimum atomic E-state index is -3.80. The largest absolute Gasteiger partial charge is 0.336 e. The predicted molar refractivity (Wildman–Crippen MR) is 85.1 cm³/mol. The molecule has 0 radical (unpaired) electrons. The van der Waals surface area contributed by atoms with Crippen LogP contribution < -0.4 is 10.0 Å². The van der Waals surface area contributed by atoms with E-state index in [0.717, 1.165) is 0 Å². The molecule has 1 aromatic heterocycles. The summed E-state index contributed by atoms with van der Waals surface area (Å²) in [5.41, 5.74) is 1.14. The minimum absolute atomic E-state index is 0.0304. The molecule has 0 fully saturated rings. The average molecular weight is 388 g/mol. The van der Waals surface area contributed by atoms with Gasteiger partial charge in [0, 0.05) is 12.6 Å². The molecule has 0 aliphatic rings. The van der Waals surface area contributed by atoms with E-state index < -0.39 is 10.0 Å². The number of halogens is 1. The fourth-order valence-electron chi connectivity index (χ4n) is 1.70. The summed E-state index contributed by atoms with van der Waals surface area (Å²) in [5, 5.41) is 6.33. The molecule has 1 aromatic carbocycles. The van der Waals surface area contributed by atoms with Crippen molar-refractivity contribution in [3.8, 4) is 0 Å². The van der Waals surface area contributed by atoms with E-state index in [1.165, 1.54) is 31.2 Å². The van der Waals surface area contributed by atoms with Crippen molar-refractivity contribution in [3.63, 3.8) is 0 Å². The van der Waals surface area contributed by atoms with Crippen LogP contribution in [-0.4, -0.2) is 19.5 Å². The topological polar surface area (TPSA) is 101 Å². The Morgan fingerprint density at radius 3 is 2.45 bits per heavy atom. The molecule has 22 heavy (non-hydrogen) atoms. The first-order valence-electron chi connectivity index (χ1n) is 6.38. The molecule has 0 aliphatic carbocycles. The molecule has 0 unspecified atom stereocenters. The minimum Gasteiger partial charge on any atom is -0.336 e. The van der Waals surface area contributed by atoms with Crippen molar-refractivity contribution in [2.75, 3.05) is 10.0 Å². The number of aryl methyl sites for hydroxylation is 1. The van der Waals surface area contributed by atoms with Crippen LogP contribution in [0.1, 0.15) is 19.5 Å². The van der Waals surface area contributed by atoms with Gasteiger partial charge in [-0.15, -0.1) is 0 Å². The van der Waals surface area contributed by atoms with Gasteiger partial charge in [-0.3, -0.25) is 4.79 Å². The van der Waals surface area contributed by atoms with Gasteiger partial charge in [-0.1, -0.05) is 12.1 Å². The predicted octanol–water partition coefficient (Wildman–Crippen LogP) is 2.76. The summed E-state index contributed by atoms with van der Waals surface area (Å²) in [6.07, 6.45) is 0.608. The van der Waals surface area contributed by atoms with E-state index in [9.17, 15) is 13.2 Å². The monoisotopic (exact) mass is 387 g/mol. The third-order valence-electron chi connectivity index (χ3n) is 2.75. The standard InChI is InChI=1S/C13H14BrN3O4S/c1-3-11-12(14)13(21-16-11)17-22(19,20)10-6-4-9(5-7-10)15-8(2)18/h4-7,17H,3H2,1-2H3,(H,15,18). The molecule has 118 valence electrons. The Kier molecular flexibility index (Phi) is 4.87. The van der Waals surface area contributed by atoms with Crippen molar-refractivity contribution in [2.24, 2.45) is 0 Å². The van der Waals surface area contributed by atoms with E-state index in [1.54, 1.807) is 0 Å². The van der Waals surface area contributed by atoms with Gasteiger partial charge in [0.1, 0.15) is 4.47 Å². The molecular formula is C13H14BrN3O4S. The molecule has 7 nitrogen and oxygen atoms in total. The molecule has 1 heterocycles. The van der Waals surface area contributed by atoms with E-state index in [2.05, 4.69) is 31.1 Å². The van der Waals surface area contributed by atoms with Gasteiger partial charge in [-0.25, -0.2) is 13.1 Å². The van der Waals surface area contributed by atoms with E-state index in [1.807, 2.05) is 6.92 Å². The van der Waals surface area contributed by atoms with Crippen LogP contribution in [0, 0.1) is 0 Å². The van der Waals surface area contributed by atoms with Crippen LogP contribution in [0.2, 0.25) is 0 Å². The summed E-state index contributed by atoms with van der Waals surface area (Å²) >= 11 is 3.24. The Morgan fingerprint density at radius 2 is 1.95 bits per heavy atom. The summed E-state index contributed by atoms with van der Waals surface area (Å²) in [5.74, 6) is -0.200. The lowest BCUT2D eigenvalue weighted by Gasteiger charge is -2.07. The number of rotatable bonds is 5. The van der Waals surface area contributed by atoms with Crippen LogP contribution in [-0.2, 0) is 21.2 Å². The summed E-state index contributed by atoms with van der Waals surface area (Å²) < 4.78 is 32.3. The summed E-state index contributed by atoms with van der Waals surface area (Å²) in [4.78, 5) is 11.0. The van der Waals surface area contributed by atoms with Crippen molar-refractivity contribution >= 4 is 43.4 Å². The lowest BCUT2D eigenvalue weighted by atomic mass is 10.3. The van der Waals surface area contributed by atoms with Crippen LogP contribution >= 0.6 is 15.9 Å². The fourth-order valence-corrected chi connectivity index (χ4v) is 3.35. The van der Waals surface area contributed by atoms with Gasteiger partial charge < -0.3 is 9.84 Å². The van der Waals surface area contributed by atoms with Crippen LogP contribution in [0.3, 0.4) is 0 Å². The SMILES string of the molecule is CCc1noc(NS(=O)(=O)c2ccc(NC(C)=O)cc2)c1Br. The van der Waals surface area contributed by atoms with Crippen LogP contribution in [0.15, 0.2) is 38.2 Å². The quantitative estimate of drug-likeness (QED) is 0.820. The van der Waals surface area contributed by atoms with Crippen LogP contribution in [0.25, 0.3) is 0 Å².